The lowest BCUT2D eigenvalue weighted by atomic mass is 9.96. The number of H-pyrrole nitrogens is 1. The maximum absolute atomic E-state index is 12.0. The average molecular weight is 255 g/mol. The zero-order valence-electron chi connectivity index (χ0n) is 11.0. The van der Waals surface area contributed by atoms with E-state index in [1.54, 1.807) is 4.68 Å². The topological polar surface area (TPSA) is 50.7 Å². The van der Waals surface area contributed by atoms with Gasteiger partial charge in [0.05, 0.1) is 6.04 Å². The molecule has 1 N–H and O–H groups in total. The van der Waals surface area contributed by atoms with Crippen molar-refractivity contribution in [3.63, 3.8) is 0 Å². The van der Waals surface area contributed by atoms with Crippen LogP contribution in [0.5, 0.6) is 0 Å². The molecule has 0 saturated carbocycles. The highest BCUT2D eigenvalue weighted by molar-refractivity contribution is 5.53. The number of nitrogens with one attached hydrogen (secondary N) is 1. The number of allylic oxidation sites excluding steroid dienone is 2. The lowest BCUT2D eigenvalue weighted by molar-refractivity contribution is 0.403. The first-order valence-electron chi connectivity index (χ1n) is 6.64. The minimum absolute atomic E-state index is 0.114. The van der Waals surface area contributed by atoms with Gasteiger partial charge in [-0.25, -0.2) is 9.48 Å². The molecule has 2 aromatic rings. The summed E-state index contributed by atoms with van der Waals surface area (Å²) >= 11 is 0. The number of nitrogens with zero attached hydrogens (tertiary/aromatic N) is 2. The van der Waals surface area contributed by atoms with Crippen LogP contribution in [0.25, 0.3) is 11.4 Å². The fraction of sp³-hybridized carbons (Fsp3) is 0.333. The van der Waals surface area contributed by atoms with Crippen LogP contribution in [0, 0.1) is 0 Å². The van der Waals surface area contributed by atoms with Gasteiger partial charge < -0.3 is 0 Å². The fourth-order valence-electron chi connectivity index (χ4n) is 2.48. The predicted octanol–water partition coefficient (Wildman–Crippen LogP) is 2.91. The molecule has 0 spiro atoms. The van der Waals surface area contributed by atoms with Crippen LogP contribution in [-0.4, -0.2) is 14.8 Å². The SMILES string of the molecule is CC1=CCC(n2nc(-c3ccccc3)[nH]c2=O)CC1. The summed E-state index contributed by atoms with van der Waals surface area (Å²) in [5.74, 6) is 0.650. The molecule has 19 heavy (non-hydrogen) atoms. The smallest absolute Gasteiger partial charge is 0.289 e. The molecule has 3 rings (SSSR count). The van der Waals surface area contributed by atoms with Crippen molar-refractivity contribution in [1.82, 2.24) is 14.8 Å². The second-order valence-corrected chi connectivity index (χ2v) is 5.07. The third kappa shape index (κ3) is 2.38. The molecule has 0 saturated heterocycles. The summed E-state index contributed by atoms with van der Waals surface area (Å²) in [6, 6.07) is 9.93. The largest absolute Gasteiger partial charge is 0.343 e. The summed E-state index contributed by atoms with van der Waals surface area (Å²) in [5, 5.41) is 4.45. The molecule has 0 radical (unpaired) electrons. The van der Waals surface area contributed by atoms with Gasteiger partial charge in [-0.2, -0.15) is 0 Å². The molecule has 0 amide bonds. The van der Waals surface area contributed by atoms with E-state index in [9.17, 15) is 4.79 Å². The molecule has 1 aliphatic rings. The predicted molar refractivity (Wildman–Crippen MR) is 74.9 cm³/mol. The number of aromatic amines is 1. The van der Waals surface area contributed by atoms with E-state index in [2.05, 4.69) is 23.1 Å². The van der Waals surface area contributed by atoms with Gasteiger partial charge in [-0.15, -0.1) is 5.10 Å². The van der Waals surface area contributed by atoms with Crippen LogP contribution in [-0.2, 0) is 0 Å². The van der Waals surface area contributed by atoms with Crippen LogP contribution in [0.2, 0.25) is 0 Å². The maximum atomic E-state index is 12.0. The first-order chi connectivity index (χ1) is 9.24. The Bertz CT molecular complexity index is 652. The van der Waals surface area contributed by atoms with Crippen molar-refractivity contribution >= 4 is 0 Å². The van der Waals surface area contributed by atoms with Crippen molar-refractivity contribution in [2.45, 2.75) is 32.2 Å². The van der Waals surface area contributed by atoms with Crippen molar-refractivity contribution in [1.29, 1.82) is 0 Å². The van der Waals surface area contributed by atoms with Gasteiger partial charge in [-0.05, 0) is 26.2 Å². The summed E-state index contributed by atoms with van der Waals surface area (Å²) in [4.78, 5) is 14.9. The molecule has 1 unspecified atom stereocenters. The maximum Gasteiger partial charge on any atom is 0.343 e. The fourth-order valence-corrected chi connectivity index (χ4v) is 2.48. The van der Waals surface area contributed by atoms with Crippen molar-refractivity contribution in [2.24, 2.45) is 0 Å². The van der Waals surface area contributed by atoms with Gasteiger partial charge in [0.15, 0.2) is 5.82 Å². The van der Waals surface area contributed by atoms with Gasteiger partial charge in [0.1, 0.15) is 0 Å². The van der Waals surface area contributed by atoms with Gasteiger partial charge in [0.2, 0.25) is 0 Å². The van der Waals surface area contributed by atoms with E-state index >= 15 is 0 Å². The number of aromatic nitrogens is 3. The van der Waals surface area contributed by atoms with Crippen molar-refractivity contribution in [2.75, 3.05) is 0 Å². The molecule has 4 nitrogen and oxygen atoms in total. The number of benzene rings is 1. The highest BCUT2D eigenvalue weighted by Crippen LogP contribution is 2.26. The molecular weight excluding hydrogens is 238 g/mol. The van der Waals surface area contributed by atoms with E-state index in [1.807, 2.05) is 30.3 Å². The van der Waals surface area contributed by atoms with E-state index in [0.29, 0.717) is 5.82 Å². The third-order valence-electron chi connectivity index (χ3n) is 3.64. The lowest BCUT2D eigenvalue weighted by Crippen LogP contribution is -2.24. The number of hydrogen-bond donors (Lipinski definition) is 1. The second-order valence-electron chi connectivity index (χ2n) is 5.07. The minimum Gasteiger partial charge on any atom is -0.289 e. The monoisotopic (exact) mass is 255 g/mol. The quantitative estimate of drug-likeness (QED) is 0.839. The molecule has 4 heteroatoms. The molecule has 98 valence electrons. The van der Waals surface area contributed by atoms with Crippen molar-refractivity contribution in [3.05, 3.63) is 52.5 Å². The Labute approximate surface area is 111 Å². The van der Waals surface area contributed by atoms with Gasteiger partial charge in [-0.3, -0.25) is 4.98 Å². The Morgan fingerprint density at radius 2 is 2.11 bits per heavy atom. The zero-order chi connectivity index (χ0) is 13.2. The van der Waals surface area contributed by atoms with E-state index < -0.39 is 0 Å². The molecule has 1 aromatic carbocycles. The summed E-state index contributed by atoms with van der Waals surface area (Å²) in [6.45, 7) is 2.14. The Balaban J connectivity index is 1.93. The molecule has 0 aliphatic heterocycles. The van der Waals surface area contributed by atoms with Crippen molar-refractivity contribution < 1.29 is 0 Å². The molecule has 1 aliphatic carbocycles. The van der Waals surface area contributed by atoms with E-state index in [-0.39, 0.29) is 11.7 Å². The van der Waals surface area contributed by atoms with Crippen LogP contribution in [0.15, 0.2) is 46.8 Å². The highest BCUT2D eigenvalue weighted by Gasteiger charge is 2.18. The van der Waals surface area contributed by atoms with E-state index in [4.69, 9.17) is 0 Å². The lowest BCUT2D eigenvalue weighted by Gasteiger charge is -2.19. The zero-order valence-corrected chi connectivity index (χ0v) is 11.0. The summed E-state index contributed by atoms with van der Waals surface area (Å²) < 4.78 is 1.60. The average Bonchev–Trinajstić information content (AvgIpc) is 2.83. The van der Waals surface area contributed by atoms with Gasteiger partial charge in [0.25, 0.3) is 0 Å². The van der Waals surface area contributed by atoms with Crippen LogP contribution in [0.3, 0.4) is 0 Å². The van der Waals surface area contributed by atoms with E-state index in [1.165, 1.54) is 5.57 Å². The standard InChI is InChI=1S/C15H17N3O/c1-11-7-9-13(10-8-11)18-15(19)16-14(17-18)12-5-3-2-4-6-12/h2-7,13H,8-10H2,1H3,(H,16,17,19). The summed E-state index contributed by atoms with van der Waals surface area (Å²) in [5.41, 5.74) is 2.24. The first-order valence-corrected chi connectivity index (χ1v) is 6.64. The van der Waals surface area contributed by atoms with E-state index in [0.717, 1.165) is 24.8 Å². The van der Waals surface area contributed by atoms with Crippen LogP contribution in [0.1, 0.15) is 32.2 Å². The number of rotatable bonds is 2. The molecule has 1 heterocycles. The third-order valence-corrected chi connectivity index (χ3v) is 3.64. The second kappa shape index (κ2) is 4.88. The highest BCUT2D eigenvalue weighted by atomic mass is 16.2. The van der Waals surface area contributed by atoms with Gasteiger partial charge in [0, 0.05) is 5.56 Å². The van der Waals surface area contributed by atoms with Gasteiger partial charge in [-0.1, -0.05) is 42.0 Å². The molecule has 1 atom stereocenters. The minimum atomic E-state index is -0.114. The van der Waals surface area contributed by atoms with Crippen molar-refractivity contribution in [3.8, 4) is 11.4 Å². The molecule has 0 bridgehead atoms. The Morgan fingerprint density at radius 1 is 1.32 bits per heavy atom. The van der Waals surface area contributed by atoms with Crippen LogP contribution < -0.4 is 5.69 Å². The van der Waals surface area contributed by atoms with Crippen LogP contribution >= 0.6 is 0 Å². The molecule has 0 fully saturated rings. The summed E-state index contributed by atoms with van der Waals surface area (Å²) in [6.07, 6.45) is 5.13. The first kappa shape index (κ1) is 12.0. The van der Waals surface area contributed by atoms with Gasteiger partial charge >= 0.3 is 5.69 Å². The molecular formula is C15H17N3O. The summed E-state index contributed by atoms with van der Waals surface area (Å²) in [7, 11) is 0. The normalized spacial score (nSPS) is 19.2. The molecule has 1 aromatic heterocycles. The Kier molecular flexibility index (Phi) is 3.07. The number of hydrogen-bond acceptors (Lipinski definition) is 2. The van der Waals surface area contributed by atoms with Crippen LogP contribution in [0.4, 0.5) is 0 Å². The Morgan fingerprint density at radius 3 is 2.79 bits per heavy atom. The Hall–Kier alpha value is -2.10.